The molecule has 1 saturated carbocycles. The zero-order chi connectivity index (χ0) is 21.8. The summed E-state index contributed by atoms with van der Waals surface area (Å²) in [5.41, 5.74) is 0.0970. The molecule has 0 unspecified atom stereocenters. The molecule has 0 saturated heterocycles. The topological polar surface area (TPSA) is 125 Å². The first-order valence-electron chi connectivity index (χ1n) is 8.94. The van der Waals surface area contributed by atoms with Crippen LogP contribution in [0.25, 0.3) is 0 Å². The lowest BCUT2D eigenvalue weighted by molar-refractivity contribution is -0.394. The predicted octanol–water partition coefficient (Wildman–Crippen LogP) is 5.68. The molecule has 0 heterocycles. The Bertz CT molecular complexity index is 1060. The molecule has 0 aliphatic heterocycles. The van der Waals surface area contributed by atoms with Gasteiger partial charge in [-0.15, -0.1) is 0 Å². The monoisotopic (exact) mass is 451 g/mol. The first-order valence-corrected chi connectivity index (χ1v) is 9.69. The largest absolute Gasteiger partial charge is 0.367 e. The number of oxime groups is 1. The summed E-state index contributed by atoms with van der Waals surface area (Å²) in [5, 5.41) is 26.9. The normalized spacial score (nSPS) is 17.5. The van der Waals surface area contributed by atoms with Crippen LogP contribution in [0.2, 0.25) is 10.0 Å². The minimum atomic E-state index is -0.785. The van der Waals surface area contributed by atoms with E-state index < -0.39 is 21.7 Å². The molecule has 9 nitrogen and oxygen atoms in total. The molecule has 0 spiro atoms. The van der Waals surface area contributed by atoms with E-state index in [0.717, 1.165) is 18.9 Å². The highest BCUT2D eigenvalue weighted by atomic mass is 35.5. The van der Waals surface area contributed by atoms with Crippen LogP contribution in [0.4, 0.5) is 11.4 Å². The molecular formula is C19H15Cl2N3O6. The van der Waals surface area contributed by atoms with Crippen molar-refractivity contribution < 1.29 is 19.5 Å². The van der Waals surface area contributed by atoms with E-state index in [9.17, 15) is 25.0 Å². The summed E-state index contributed by atoms with van der Waals surface area (Å²) in [6.07, 6.45) is 2.57. The fourth-order valence-electron chi connectivity index (χ4n) is 3.34. The van der Waals surface area contributed by atoms with Gasteiger partial charge in [0.15, 0.2) is 0 Å². The first kappa shape index (κ1) is 21.7. The van der Waals surface area contributed by atoms with Crippen molar-refractivity contribution in [1.29, 1.82) is 0 Å². The lowest BCUT2D eigenvalue weighted by Gasteiger charge is -2.23. The van der Waals surface area contributed by atoms with Crippen LogP contribution in [-0.2, 0) is 4.84 Å². The molecule has 0 aromatic heterocycles. The van der Waals surface area contributed by atoms with Crippen LogP contribution < -0.4 is 0 Å². The molecule has 0 bridgehead atoms. The van der Waals surface area contributed by atoms with Crippen molar-refractivity contribution in [3.8, 4) is 0 Å². The van der Waals surface area contributed by atoms with E-state index in [-0.39, 0.29) is 22.0 Å². The van der Waals surface area contributed by atoms with Gasteiger partial charge in [0, 0.05) is 22.6 Å². The number of non-ortho nitro benzene ring substituents is 1. The summed E-state index contributed by atoms with van der Waals surface area (Å²) in [6.45, 7) is 0. The summed E-state index contributed by atoms with van der Waals surface area (Å²) in [5.74, 6) is -1.28. The number of nitrogens with zero attached hydrogens (tertiary/aromatic N) is 3. The van der Waals surface area contributed by atoms with E-state index in [0.29, 0.717) is 29.1 Å². The smallest absolute Gasteiger partial charge is 0.313 e. The van der Waals surface area contributed by atoms with Gasteiger partial charge in [0.2, 0.25) is 0 Å². The van der Waals surface area contributed by atoms with Gasteiger partial charge >= 0.3 is 5.97 Å². The molecule has 1 fully saturated rings. The lowest BCUT2D eigenvalue weighted by atomic mass is 9.81. The molecule has 1 aliphatic rings. The SMILES string of the molecule is O=C(O/N=C1/CCCC[C@@H]1c1ccc([N+](=O)[O-])cc1[N+](=O)[O-])c1ccc(Cl)cc1Cl. The van der Waals surface area contributed by atoms with Crippen molar-refractivity contribution in [3.05, 3.63) is 77.8 Å². The van der Waals surface area contributed by atoms with Gasteiger partial charge in [0.25, 0.3) is 11.4 Å². The Labute approximate surface area is 180 Å². The molecule has 2 aromatic carbocycles. The maximum Gasteiger partial charge on any atom is 0.367 e. The standard InChI is InChI=1S/C19H15Cl2N3O6/c20-11-5-7-15(16(21)9-11)19(25)30-22-17-4-2-1-3-13(17)14-8-6-12(23(26)27)10-18(14)24(28)29/h5-10,13H,1-4H2/b22-17-/t13-/m1/s1. The molecule has 30 heavy (non-hydrogen) atoms. The Kier molecular flexibility index (Phi) is 6.63. The molecule has 2 aromatic rings. The number of carbonyl (C=O) groups is 1. The predicted molar refractivity (Wildman–Crippen MR) is 110 cm³/mol. The fraction of sp³-hybridized carbons (Fsp3) is 0.263. The highest BCUT2D eigenvalue weighted by molar-refractivity contribution is 6.36. The van der Waals surface area contributed by atoms with Gasteiger partial charge in [-0.2, -0.15) is 0 Å². The third-order valence-corrected chi connectivity index (χ3v) is 5.32. The Morgan fingerprint density at radius 1 is 1.07 bits per heavy atom. The maximum absolute atomic E-state index is 12.3. The Morgan fingerprint density at radius 2 is 1.83 bits per heavy atom. The molecule has 3 rings (SSSR count). The molecule has 1 aliphatic carbocycles. The third-order valence-electron chi connectivity index (χ3n) is 4.77. The lowest BCUT2D eigenvalue weighted by Crippen LogP contribution is -2.20. The van der Waals surface area contributed by atoms with Crippen molar-refractivity contribution >= 4 is 46.3 Å². The molecular weight excluding hydrogens is 437 g/mol. The number of benzene rings is 2. The average molecular weight is 452 g/mol. The quantitative estimate of drug-likeness (QED) is 0.326. The van der Waals surface area contributed by atoms with Gasteiger partial charge in [-0.1, -0.05) is 34.8 Å². The second-order valence-corrected chi connectivity index (χ2v) is 7.48. The van der Waals surface area contributed by atoms with Crippen molar-refractivity contribution in [2.45, 2.75) is 31.6 Å². The molecule has 156 valence electrons. The highest BCUT2D eigenvalue weighted by Crippen LogP contribution is 2.37. The molecule has 11 heteroatoms. The summed E-state index contributed by atoms with van der Waals surface area (Å²) in [4.78, 5) is 38.5. The van der Waals surface area contributed by atoms with E-state index in [1.165, 1.54) is 30.3 Å². The van der Waals surface area contributed by atoms with Crippen LogP contribution in [0.3, 0.4) is 0 Å². The van der Waals surface area contributed by atoms with Crippen molar-refractivity contribution in [2.75, 3.05) is 0 Å². The number of nitro groups is 2. The number of rotatable bonds is 5. The van der Waals surface area contributed by atoms with Crippen LogP contribution in [0.1, 0.15) is 47.5 Å². The van der Waals surface area contributed by atoms with E-state index in [1.54, 1.807) is 0 Å². The Hall–Kier alpha value is -3.04. The van der Waals surface area contributed by atoms with Crippen LogP contribution >= 0.6 is 23.2 Å². The summed E-state index contributed by atoms with van der Waals surface area (Å²) in [7, 11) is 0. The third kappa shape index (κ3) is 4.74. The van der Waals surface area contributed by atoms with E-state index in [1.807, 2.05) is 0 Å². The zero-order valence-corrected chi connectivity index (χ0v) is 16.9. The zero-order valence-electron chi connectivity index (χ0n) is 15.4. The minimum absolute atomic E-state index is 0.0825. The molecule has 0 amide bonds. The van der Waals surface area contributed by atoms with Gasteiger partial charge < -0.3 is 4.84 Å². The summed E-state index contributed by atoms with van der Waals surface area (Å²) in [6, 6.07) is 7.80. The van der Waals surface area contributed by atoms with Gasteiger partial charge in [-0.05, 0) is 43.5 Å². The van der Waals surface area contributed by atoms with Crippen LogP contribution in [0.5, 0.6) is 0 Å². The minimum Gasteiger partial charge on any atom is -0.313 e. The van der Waals surface area contributed by atoms with E-state index in [2.05, 4.69) is 5.16 Å². The number of nitro benzene ring substituents is 2. The number of hydrogen-bond donors (Lipinski definition) is 0. The Morgan fingerprint density at radius 3 is 2.50 bits per heavy atom. The van der Waals surface area contributed by atoms with Crippen molar-refractivity contribution in [2.24, 2.45) is 5.16 Å². The summed E-state index contributed by atoms with van der Waals surface area (Å²) >= 11 is 11.8. The second-order valence-electron chi connectivity index (χ2n) is 6.64. The maximum atomic E-state index is 12.3. The molecule has 1 atom stereocenters. The first-order chi connectivity index (χ1) is 14.3. The highest BCUT2D eigenvalue weighted by Gasteiger charge is 2.31. The number of carbonyl (C=O) groups excluding carboxylic acids is 1. The van der Waals surface area contributed by atoms with Crippen molar-refractivity contribution in [3.63, 3.8) is 0 Å². The van der Waals surface area contributed by atoms with Gasteiger partial charge in [0.05, 0.1) is 32.2 Å². The van der Waals surface area contributed by atoms with Gasteiger partial charge in [-0.3, -0.25) is 20.2 Å². The molecule has 0 N–H and O–H groups in total. The average Bonchev–Trinajstić information content (AvgIpc) is 2.71. The fourth-order valence-corrected chi connectivity index (χ4v) is 3.83. The van der Waals surface area contributed by atoms with Crippen LogP contribution in [0.15, 0.2) is 41.6 Å². The second kappa shape index (κ2) is 9.19. The van der Waals surface area contributed by atoms with Crippen molar-refractivity contribution in [1.82, 2.24) is 0 Å². The van der Waals surface area contributed by atoms with Gasteiger partial charge in [-0.25, -0.2) is 4.79 Å². The number of hydrogen-bond acceptors (Lipinski definition) is 7. The van der Waals surface area contributed by atoms with E-state index >= 15 is 0 Å². The number of halogens is 2. The van der Waals surface area contributed by atoms with E-state index in [4.69, 9.17) is 28.0 Å². The molecule has 0 radical (unpaired) electrons. The van der Waals surface area contributed by atoms with Crippen LogP contribution in [0, 0.1) is 20.2 Å². The Balaban J connectivity index is 1.90. The summed E-state index contributed by atoms with van der Waals surface area (Å²) < 4.78 is 0. The van der Waals surface area contributed by atoms with Crippen LogP contribution in [-0.4, -0.2) is 21.5 Å². The van der Waals surface area contributed by atoms with Gasteiger partial charge in [0.1, 0.15) is 0 Å².